The molecule has 2 aliphatic rings. The number of aryl methyl sites for hydroxylation is 4. The van der Waals surface area contributed by atoms with Crippen LogP contribution in [0.25, 0.3) is 38.1 Å². The molecule has 2 aliphatic heterocycles. The summed E-state index contributed by atoms with van der Waals surface area (Å²) in [5, 5.41) is 7.59. The first-order valence-corrected chi connectivity index (χ1v) is 26.8. The molecule has 5 nitrogen and oxygen atoms in total. The van der Waals surface area contributed by atoms with E-state index in [4.69, 9.17) is 0 Å². The van der Waals surface area contributed by atoms with Crippen molar-refractivity contribution >= 4 is 101 Å². The lowest BCUT2D eigenvalue weighted by Gasteiger charge is -2.45. The monoisotopic (exact) mass is 935 g/mol. The number of benzene rings is 9. The summed E-state index contributed by atoms with van der Waals surface area (Å²) in [4.78, 5) is 35.5. The van der Waals surface area contributed by atoms with E-state index < -0.39 is 8.07 Å². The van der Waals surface area contributed by atoms with E-state index in [-0.39, 0.29) is 16.3 Å². The highest BCUT2D eigenvalue weighted by molar-refractivity contribution is 7.21. The van der Waals surface area contributed by atoms with Gasteiger partial charge in [0.25, 0.3) is 0 Å². The normalized spacial score (nSPS) is 14.0. The summed E-state index contributed by atoms with van der Waals surface area (Å²) in [6, 6.07) is 66.1. The van der Waals surface area contributed by atoms with Gasteiger partial charge in [0, 0.05) is 62.1 Å². The standard InChI is InChI=1S/C65H53N3O2Si/c1-39-18-24-54-43(30-39)34-44-31-40(2)19-25-55(44)66(54)46-22-28-56-50(37-46)63(69)52-35-45(65(5,6)7)36-53-62(52)68(56)57-29-23-47(38-51(57)64(53)70)67-58-26-20-41(3)32-60(58)71(48-14-10-8-11-15-48,49-16-12-9-13-17-49)61-33-42(4)21-27-59(61)67/h8-33,35-38H,34H2,1-7H3. The van der Waals surface area contributed by atoms with Gasteiger partial charge in [0.05, 0.1) is 16.6 Å². The molecule has 0 aliphatic carbocycles. The van der Waals surface area contributed by atoms with Gasteiger partial charge in [-0.25, -0.2) is 0 Å². The van der Waals surface area contributed by atoms with Gasteiger partial charge < -0.3 is 14.2 Å². The number of nitrogens with zero attached hydrogens (tertiary/aromatic N) is 3. The van der Waals surface area contributed by atoms with Gasteiger partial charge in [-0.1, -0.05) is 152 Å². The van der Waals surface area contributed by atoms with Gasteiger partial charge in [0.2, 0.25) is 0 Å². The van der Waals surface area contributed by atoms with E-state index in [2.05, 4.69) is 233 Å². The molecule has 13 rings (SSSR count). The Morgan fingerprint density at radius 2 is 0.831 bits per heavy atom. The van der Waals surface area contributed by atoms with Crippen LogP contribution in [0.1, 0.15) is 59.7 Å². The summed E-state index contributed by atoms with van der Waals surface area (Å²) in [7, 11) is -2.90. The van der Waals surface area contributed by atoms with Crippen LogP contribution < -0.4 is 41.4 Å². The molecular weight excluding hydrogens is 883 g/mol. The van der Waals surface area contributed by atoms with E-state index in [0.29, 0.717) is 27.1 Å². The molecule has 0 N–H and O–H groups in total. The van der Waals surface area contributed by atoms with E-state index in [9.17, 15) is 0 Å². The van der Waals surface area contributed by atoms with Gasteiger partial charge in [0.15, 0.2) is 18.9 Å². The lowest BCUT2D eigenvalue weighted by molar-refractivity contribution is 0.591. The molecule has 4 heterocycles. The molecule has 0 radical (unpaired) electrons. The average Bonchev–Trinajstić information content (AvgIpc) is 3.37. The second kappa shape index (κ2) is 15.5. The number of anilines is 6. The minimum Gasteiger partial charge on any atom is -0.311 e. The highest BCUT2D eigenvalue weighted by atomic mass is 28.3. The number of fused-ring (bicyclic) bond motifs is 8. The van der Waals surface area contributed by atoms with E-state index in [1.54, 1.807) is 0 Å². The molecule has 9 aromatic carbocycles. The van der Waals surface area contributed by atoms with Crippen molar-refractivity contribution in [2.75, 3.05) is 9.80 Å². The Labute approximate surface area is 414 Å². The summed E-state index contributed by atoms with van der Waals surface area (Å²) in [6.45, 7) is 15.1. The molecule has 0 bridgehead atoms. The molecule has 0 saturated carbocycles. The molecule has 2 aromatic heterocycles. The predicted octanol–water partition coefficient (Wildman–Crippen LogP) is 12.6. The van der Waals surface area contributed by atoms with Crippen LogP contribution in [0.15, 0.2) is 192 Å². The van der Waals surface area contributed by atoms with Crippen LogP contribution in [0.3, 0.4) is 0 Å². The second-order valence-corrected chi connectivity index (χ2v) is 24.9. The summed E-state index contributed by atoms with van der Waals surface area (Å²) in [6.07, 6.45) is 0.845. The molecule has 0 spiro atoms. The maximum atomic E-state index is 15.5. The van der Waals surface area contributed by atoms with E-state index in [0.717, 1.165) is 57.1 Å². The Kier molecular flexibility index (Phi) is 9.37. The van der Waals surface area contributed by atoms with Gasteiger partial charge in [0.1, 0.15) is 0 Å². The van der Waals surface area contributed by atoms with Crippen molar-refractivity contribution in [3.05, 3.63) is 241 Å². The lowest BCUT2D eigenvalue weighted by atomic mass is 9.85. The molecule has 6 heteroatoms. The van der Waals surface area contributed by atoms with Crippen molar-refractivity contribution in [2.24, 2.45) is 0 Å². The average molecular weight is 936 g/mol. The largest absolute Gasteiger partial charge is 0.311 e. The predicted molar refractivity (Wildman–Crippen MR) is 301 cm³/mol. The van der Waals surface area contributed by atoms with E-state index >= 15 is 9.59 Å². The molecule has 344 valence electrons. The van der Waals surface area contributed by atoms with E-state index in [1.165, 1.54) is 54.1 Å². The second-order valence-electron chi connectivity index (χ2n) is 21.2. The van der Waals surface area contributed by atoms with Crippen molar-refractivity contribution in [1.82, 2.24) is 4.40 Å². The number of hydrogen-bond acceptors (Lipinski definition) is 4. The van der Waals surface area contributed by atoms with Crippen LogP contribution in [0, 0.1) is 27.7 Å². The molecule has 11 aromatic rings. The first-order chi connectivity index (χ1) is 34.3. The van der Waals surface area contributed by atoms with E-state index in [1.807, 2.05) is 12.1 Å². The fraction of sp³-hybridized carbons (Fsp3) is 0.138. The minimum absolute atomic E-state index is 0.0739. The zero-order chi connectivity index (χ0) is 48.7. The number of pyridine rings is 2. The Morgan fingerprint density at radius 3 is 1.27 bits per heavy atom. The maximum absolute atomic E-state index is 15.5. The van der Waals surface area contributed by atoms with Crippen molar-refractivity contribution < 1.29 is 0 Å². The highest BCUT2D eigenvalue weighted by Crippen LogP contribution is 2.46. The van der Waals surface area contributed by atoms with Crippen LogP contribution in [0.4, 0.5) is 34.1 Å². The highest BCUT2D eigenvalue weighted by Gasteiger charge is 2.49. The minimum atomic E-state index is -2.90. The zero-order valence-corrected chi connectivity index (χ0v) is 42.2. The molecule has 0 amide bonds. The molecule has 0 unspecified atom stereocenters. The van der Waals surface area contributed by atoms with Crippen LogP contribution in [0.2, 0.25) is 0 Å². The third kappa shape index (κ3) is 6.30. The van der Waals surface area contributed by atoms with Gasteiger partial charge in [-0.2, -0.15) is 0 Å². The summed E-state index contributed by atoms with van der Waals surface area (Å²) < 4.78 is 2.19. The van der Waals surface area contributed by atoms with Crippen molar-refractivity contribution in [3.8, 4) is 0 Å². The third-order valence-corrected chi connectivity index (χ3v) is 20.3. The SMILES string of the molecule is Cc1ccc2c(c1)Cc1cc(C)ccc1N2c1ccc2c(c1)c(=O)c1cc(C(C)(C)C)cc3c(=O)c4cc(N5c6ccc(C)cc6[Si](c6ccccc6)(c6ccccc6)c6cc(C)ccc65)ccc4n2c13. The molecule has 0 saturated heterocycles. The van der Waals surface area contributed by atoms with Crippen LogP contribution in [-0.4, -0.2) is 12.5 Å². The zero-order valence-electron chi connectivity index (χ0n) is 41.2. The Balaban J connectivity index is 1.09. The quantitative estimate of drug-likeness (QED) is 0.100. The first kappa shape index (κ1) is 43.0. The smallest absolute Gasteiger partial charge is 0.197 e. The van der Waals surface area contributed by atoms with Crippen molar-refractivity contribution in [2.45, 2.75) is 60.3 Å². The lowest BCUT2D eigenvalue weighted by Crippen LogP contribution is -2.77. The summed E-state index contributed by atoms with van der Waals surface area (Å²) in [5.41, 5.74) is 16.3. The fourth-order valence-electron chi connectivity index (χ4n) is 12.2. The first-order valence-electron chi connectivity index (χ1n) is 24.8. The molecule has 0 fully saturated rings. The van der Waals surface area contributed by atoms with Gasteiger partial charge in [-0.05, 0) is 143 Å². The van der Waals surface area contributed by atoms with Crippen LogP contribution in [-0.2, 0) is 11.8 Å². The third-order valence-electron chi connectivity index (χ3n) is 15.5. The number of aromatic nitrogens is 1. The van der Waals surface area contributed by atoms with Crippen molar-refractivity contribution in [1.29, 1.82) is 0 Å². The van der Waals surface area contributed by atoms with Gasteiger partial charge >= 0.3 is 0 Å². The van der Waals surface area contributed by atoms with Crippen LogP contribution >= 0.6 is 0 Å². The molecule has 0 atom stereocenters. The Hall–Kier alpha value is -8.06. The maximum Gasteiger partial charge on any atom is 0.197 e. The summed E-state index contributed by atoms with van der Waals surface area (Å²) in [5.74, 6) is 0. The number of rotatable bonds is 4. The Morgan fingerprint density at radius 1 is 0.423 bits per heavy atom. The molecule has 71 heavy (non-hydrogen) atoms. The van der Waals surface area contributed by atoms with Gasteiger partial charge in [-0.3, -0.25) is 9.59 Å². The Bertz CT molecular complexity index is 4030. The summed E-state index contributed by atoms with van der Waals surface area (Å²) >= 11 is 0. The van der Waals surface area contributed by atoms with Crippen molar-refractivity contribution in [3.63, 3.8) is 0 Å². The fourth-order valence-corrected chi connectivity index (χ4v) is 17.5. The number of hydrogen-bond donors (Lipinski definition) is 0. The topological polar surface area (TPSA) is 45.0 Å². The molecular formula is C65H53N3O2Si. The van der Waals surface area contributed by atoms with Crippen LogP contribution in [0.5, 0.6) is 0 Å². The van der Waals surface area contributed by atoms with Gasteiger partial charge in [-0.15, -0.1) is 0 Å².